The van der Waals surface area contributed by atoms with Gasteiger partial charge in [-0.15, -0.1) is 11.3 Å². The summed E-state index contributed by atoms with van der Waals surface area (Å²) in [5.74, 6) is 1.16. The molecule has 0 atom stereocenters. The Hall–Kier alpha value is -1.40. The molecule has 0 fully saturated rings. The van der Waals surface area contributed by atoms with Gasteiger partial charge in [-0.25, -0.2) is 0 Å². The minimum absolute atomic E-state index is 0.491. The lowest BCUT2D eigenvalue weighted by Gasteiger charge is -2.03. The number of nitrogen functional groups attached to an aromatic ring is 1. The predicted molar refractivity (Wildman–Crippen MR) is 59.4 cm³/mol. The van der Waals surface area contributed by atoms with Crippen LogP contribution in [-0.4, -0.2) is 29.1 Å². The van der Waals surface area contributed by atoms with Crippen molar-refractivity contribution in [3.63, 3.8) is 0 Å². The molecule has 5 nitrogen and oxygen atoms in total. The summed E-state index contributed by atoms with van der Waals surface area (Å²) in [5.41, 5.74) is 6.58. The van der Waals surface area contributed by atoms with Gasteiger partial charge in [0.15, 0.2) is 5.82 Å². The Balaban J connectivity index is 2.24. The quantitative estimate of drug-likeness (QED) is 0.854. The van der Waals surface area contributed by atoms with E-state index in [0.717, 1.165) is 5.56 Å². The lowest BCUT2D eigenvalue weighted by Crippen LogP contribution is -2.11. The molecule has 2 heterocycles. The maximum atomic E-state index is 5.76. The SMILES string of the molecule is CN(C)Cc1noc(-c2ccsc2N)n1. The van der Waals surface area contributed by atoms with Crippen LogP contribution in [0.15, 0.2) is 16.0 Å². The van der Waals surface area contributed by atoms with E-state index in [0.29, 0.717) is 23.3 Å². The fraction of sp³-hybridized carbons (Fsp3) is 0.333. The van der Waals surface area contributed by atoms with Crippen molar-refractivity contribution in [1.82, 2.24) is 15.0 Å². The van der Waals surface area contributed by atoms with Crippen LogP contribution in [0.1, 0.15) is 5.82 Å². The van der Waals surface area contributed by atoms with Gasteiger partial charge in [0, 0.05) is 0 Å². The number of nitrogens with zero attached hydrogens (tertiary/aromatic N) is 3. The third-order valence-corrected chi connectivity index (χ3v) is 2.60. The van der Waals surface area contributed by atoms with Crippen LogP contribution in [0.25, 0.3) is 11.5 Å². The summed E-state index contributed by atoms with van der Waals surface area (Å²) in [5, 5.41) is 6.48. The number of anilines is 1. The van der Waals surface area contributed by atoms with Crippen molar-refractivity contribution < 1.29 is 4.52 Å². The first-order valence-electron chi connectivity index (χ1n) is 4.47. The number of rotatable bonds is 3. The highest BCUT2D eigenvalue weighted by Crippen LogP contribution is 2.28. The van der Waals surface area contributed by atoms with Gasteiger partial charge in [-0.2, -0.15) is 4.98 Å². The summed E-state index contributed by atoms with van der Waals surface area (Å²) in [6.07, 6.45) is 0. The smallest absolute Gasteiger partial charge is 0.260 e. The van der Waals surface area contributed by atoms with E-state index in [-0.39, 0.29) is 0 Å². The number of aromatic nitrogens is 2. The topological polar surface area (TPSA) is 68.2 Å². The zero-order valence-corrected chi connectivity index (χ0v) is 9.41. The van der Waals surface area contributed by atoms with E-state index in [1.807, 2.05) is 30.4 Å². The third-order valence-electron chi connectivity index (χ3n) is 1.85. The number of hydrogen-bond donors (Lipinski definition) is 1. The van der Waals surface area contributed by atoms with Crippen molar-refractivity contribution in [2.24, 2.45) is 0 Å². The Morgan fingerprint density at radius 3 is 2.93 bits per heavy atom. The van der Waals surface area contributed by atoms with E-state index in [2.05, 4.69) is 10.1 Å². The van der Waals surface area contributed by atoms with E-state index in [9.17, 15) is 0 Å². The Morgan fingerprint density at radius 1 is 1.53 bits per heavy atom. The highest BCUT2D eigenvalue weighted by molar-refractivity contribution is 7.14. The summed E-state index contributed by atoms with van der Waals surface area (Å²) >= 11 is 1.46. The molecule has 0 aliphatic carbocycles. The van der Waals surface area contributed by atoms with Gasteiger partial charge in [-0.3, -0.25) is 0 Å². The zero-order chi connectivity index (χ0) is 10.8. The van der Waals surface area contributed by atoms with Gasteiger partial charge < -0.3 is 15.2 Å². The van der Waals surface area contributed by atoms with Crippen LogP contribution in [0.5, 0.6) is 0 Å². The fourth-order valence-corrected chi connectivity index (χ4v) is 1.84. The molecule has 6 heteroatoms. The standard InChI is InChI=1S/C9H12N4OS/c1-13(2)5-7-11-9(14-12-7)6-3-4-15-8(6)10/h3-4H,5,10H2,1-2H3. The minimum atomic E-state index is 0.491. The van der Waals surface area contributed by atoms with Crippen LogP contribution < -0.4 is 5.73 Å². The van der Waals surface area contributed by atoms with Crippen LogP contribution in [0, 0.1) is 0 Å². The summed E-state index contributed by atoms with van der Waals surface area (Å²) in [6.45, 7) is 0.660. The minimum Gasteiger partial charge on any atom is -0.390 e. The van der Waals surface area contributed by atoms with Crippen molar-refractivity contribution in [2.45, 2.75) is 6.54 Å². The number of hydrogen-bond acceptors (Lipinski definition) is 6. The first-order chi connectivity index (χ1) is 7.16. The van der Waals surface area contributed by atoms with Crippen molar-refractivity contribution in [3.8, 4) is 11.5 Å². The Morgan fingerprint density at radius 2 is 2.33 bits per heavy atom. The van der Waals surface area contributed by atoms with Gasteiger partial charge in [0.05, 0.1) is 17.1 Å². The summed E-state index contributed by atoms with van der Waals surface area (Å²) in [4.78, 5) is 6.24. The molecule has 0 aliphatic rings. The van der Waals surface area contributed by atoms with Crippen molar-refractivity contribution >= 4 is 16.3 Å². The third kappa shape index (κ3) is 2.16. The maximum absolute atomic E-state index is 5.76. The summed E-state index contributed by atoms with van der Waals surface area (Å²) in [6, 6.07) is 1.88. The van der Waals surface area contributed by atoms with E-state index in [1.165, 1.54) is 11.3 Å². The second-order valence-electron chi connectivity index (χ2n) is 3.45. The van der Waals surface area contributed by atoms with Crippen LogP contribution in [0.3, 0.4) is 0 Å². The predicted octanol–water partition coefficient (Wildman–Crippen LogP) is 1.44. The van der Waals surface area contributed by atoms with E-state index < -0.39 is 0 Å². The fourth-order valence-electron chi connectivity index (χ4n) is 1.21. The first-order valence-corrected chi connectivity index (χ1v) is 5.35. The normalized spacial score (nSPS) is 11.1. The number of nitrogens with two attached hydrogens (primary N) is 1. The van der Waals surface area contributed by atoms with Crippen molar-refractivity contribution in [2.75, 3.05) is 19.8 Å². The molecule has 15 heavy (non-hydrogen) atoms. The molecule has 0 aromatic carbocycles. The van der Waals surface area contributed by atoms with E-state index >= 15 is 0 Å². The molecule has 2 aromatic rings. The summed E-state index contributed by atoms with van der Waals surface area (Å²) < 4.78 is 5.13. The molecule has 0 saturated heterocycles. The molecule has 0 bridgehead atoms. The molecular weight excluding hydrogens is 212 g/mol. The Labute approximate surface area is 91.5 Å². The van der Waals surface area contributed by atoms with Crippen molar-refractivity contribution in [3.05, 3.63) is 17.3 Å². The lowest BCUT2D eigenvalue weighted by atomic mass is 10.3. The second-order valence-corrected chi connectivity index (χ2v) is 4.40. The van der Waals surface area contributed by atoms with Crippen LogP contribution in [-0.2, 0) is 6.54 Å². The van der Waals surface area contributed by atoms with Gasteiger partial charge >= 0.3 is 0 Å². The molecule has 0 unspecified atom stereocenters. The van der Waals surface area contributed by atoms with Gasteiger partial charge in [-0.1, -0.05) is 5.16 Å². The van der Waals surface area contributed by atoms with Gasteiger partial charge in [0.25, 0.3) is 5.89 Å². The van der Waals surface area contributed by atoms with Crippen LogP contribution in [0.4, 0.5) is 5.00 Å². The molecule has 2 N–H and O–H groups in total. The molecular formula is C9H12N4OS. The monoisotopic (exact) mass is 224 g/mol. The van der Waals surface area contributed by atoms with Crippen LogP contribution >= 0.6 is 11.3 Å². The van der Waals surface area contributed by atoms with Gasteiger partial charge in [0.2, 0.25) is 0 Å². The second kappa shape index (κ2) is 4.00. The van der Waals surface area contributed by atoms with E-state index in [4.69, 9.17) is 10.3 Å². The summed E-state index contributed by atoms with van der Waals surface area (Å²) in [7, 11) is 3.91. The largest absolute Gasteiger partial charge is 0.390 e. The van der Waals surface area contributed by atoms with Crippen molar-refractivity contribution in [1.29, 1.82) is 0 Å². The molecule has 0 saturated carbocycles. The Bertz CT molecular complexity index is 448. The van der Waals surface area contributed by atoms with Crippen LogP contribution in [0.2, 0.25) is 0 Å². The first kappa shape index (κ1) is 10.1. The zero-order valence-electron chi connectivity index (χ0n) is 8.60. The van der Waals surface area contributed by atoms with Gasteiger partial charge in [0.1, 0.15) is 0 Å². The highest BCUT2D eigenvalue weighted by atomic mass is 32.1. The molecule has 0 radical (unpaired) electrons. The molecule has 80 valence electrons. The molecule has 2 aromatic heterocycles. The average molecular weight is 224 g/mol. The number of thiophene rings is 1. The van der Waals surface area contributed by atoms with E-state index in [1.54, 1.807) is 0 Å². The molecule has 2 rings (SSSR count). The molecule has 0 amide bonds. The highest BCUT2D eigenvalue weighted by Gasteiger charge is 2.12. The maximum Gasteiger partial charge on any atom is 0.260 e. The molecule has 0 aliphatic heterocycles. The Kier molecular flexibility index (Phi) is 2.70. The lowest BCUT2D eigenvalue weighted by molar-refractivity contribution is 0.365. The van der Waals surface area contributed by atoms with Gasteiger partial charge in [-0.05, 0) is 25.5 Å². The average Bonchev–Trinajstić information content (AvgIpc) is 2.72. The molecule has 0 spiro atoms.